The van der Waals surface area contributed by atoms with Crippen molar-refractivity contribution in [2.75, 3.05) is 14.2 Å². The highest BCUT2D eigenvalue weighted by molar-refractivity contribution is 7.06. The number of carbonyl (C=O) groups excluding carboxylic acids is 1. The molecule has 2 rings (SSSR count). The predicted molar refractivity (Wildman–Crippen MR) is 87.2 cm³/mol. The molecule has 7 nitrogen and oxygen atoms in total. The molecular formula is C15H19N3O4S. The molecule has 0 spiro atoms. The number of nitrogens with one attached hydrogen (secondary N) is 1. The van der Waals surface area contributed by atoms with Gasteiger partial charge in [0, 0.05) is 0 Å². The molecule has 0 saturated heterocycles. The number of hydrogen-bond donors (Lipinski definition) is 1. The van der Waals surface area contributed by atoms with E-state index in [0.29, 0.717) is 11.5 Å². The third-order valence-electron chi connectivity index (χ3n) is 3.46. The average molecular weight is 337 g/mol. The number of hydrogen-bond acceptors (Lipinski definition) is 6. The average Bonchev–Trinajstić information content (AvgIpc) is 2.91. The van der Waals surface area contributed by atoms with Gasteiger partial charge >= 0.3 is 4.87 Å². The molecule has 1 N–H and O–H groups in total. The SMILES string of the molecule is COc1cc(C)c(C(C)NC(=O)Cn2ncsc2=O)cc1OC. The highest BCUT2D eigenvalue weighted by Gasteiger charge is 2.16. The summed E-state index contributed by atoms with van der Waals surface area (Å²) >= 11 is 0.959. The lowest BCUT2D eigenvalue weighted by atomic mass is 10.0. The number of carbonyl (C=O) groups is 1. The molecule has 0 bridgehead atoms. The molecule has 0 aliphatic heterocycles. The molecule has 0 aliphatic rings. The van der Waals surface area contributed by atoms with E-state index < -0.39 is 0 Å². The van der Waals surface area contributed by atoms with E-state index in [0.717, 1.165) is 27.1 Å². The zero-order valence-electron chi connectivity index (χ0n) is 13.5. The fraction of sp³-hybridized carbons (Fsp3) is 0.400. The van der Waals surface area contributed by atoms with E-state index >= 15 is 0 Å². The van der Waals surface area contributed by atoms with E-state index in [-0.39, 0.29) is 23.4 Å². The molecule has 0 saturated carbocycles. The summed E-state index contributed by atoms with van der Waals surface area (Å²) in [6.45, 7) is 3.71. The van der Waals surface area contributed by atoms with Crippen LogP contribution < -0.4 is 19.7 Å². The molecule has 0 fully saturated rings. The monoisotopic (exact) mass is 337 g/mol. The van der Waals surface area contributed by atoms with Gasteiger partial charge in [0.1, 0.15) is 12.1 Å². The predicted octanol–water partition coefficient (Wildman–Crippen LogP) is 1.51. The van der Waals surface area contributed by atoms with Crippen LogP contribution in [0.1, 0.15) is 24.1 Å². The Hall–Kier alpha value is -2.35. The number of amides is 1. The van der Waals surface area contributed by atoms with Gasteiger partial charge < -0.3 is 14.8 Å². The smallest absolute Gasteiger partial charge is 0.325 e. The van der Waals surface area contributed by atoms with Crippen LogP contribution in [0.5, 0.6) is 11.5 Å². The van der Waals surface area contributed by atoms with Gasteiger partial charge in [-0.3, -0.25) is 9.59 Å². The maximum Gasteiger partial charge on any atom is 0.325 e. The lowest BCUT2D eigenvalue weighted by Crippen LogP contribution is -2.33. The van der Waals surface area contributed by atoms with Crippen molar-refractivity contribution in [2.24, 2.45) is 0 Å². The molecule has 0 radical (unpaired) electrons. The Labute approximate surface area is 137 Å². The van der Waals surface area contributed by atoms with Crippen molar-refractivity contribution in [1.82, 2.24) is 15.1 Å². The largest absolute Gasteiger partial charge is 0.493 e. The number of rotatable bonds is 6. The molecule has 124 valence electrons. The number of aryl methyl sites for hydroxylation is 1. The molecule has 8 heteroatoms. The van der Waals surface area contributed by atoms with Crippen LogP contribution in [0.4, 0.5) is 0 Å². The van der Waals surface area contributed by atoms with Gasteiger partial charge in [-0.25, -0.2) is 4.68 Å². The molecule has 0 aliphatic carbocycles. The minimum atomic E-state index is -0.278. The van der Waals surface area contributed by atoms with E-state index in [1.807, 2.05) is 26.0 Å². The number of methoxy groups -OCH3 is 2. The normalized spacial score (nSPS) is 11.8. The lowest BCUT2D eigenvalue weighted by molar-refractivity contribution is -0.122. The van der Waals surface area contributed by atoms with Gasteiger partial charge in [0.25, 0.3) is 0 Å². The topological polar surface area (TPSA) is 82.5 Å². The molecule has 1 aromatic carbocycles. The summed E-state index contributed by atoms with van der Waals surface area (Å²) in [5, 5.41) is 6.69. The highest BCUT2D eigenvalue weighted by Crippen LogP contribution is 2.32. The first-order valence-corrected chi connectivity index (χ1v) is 7.86. The van der Waals surface area contributed by atoms with Crippen LogP contribution in [-0.4, -0.2) is 29.9 Å². The maximum absolute atomic E-state index is 12.1. The summed E-state index contributed by atoms with van der Waals surface area (Å²) in [7, 11) is 3.14. The van der Waals surface area contributed by atoms with Crippen molar-refractivity contribution in [1.29, 1.82) is 0 Å². The van der Waals surface area contributed by atoms with Crippen LogP contribution in [0.15, 0.2) is 22.4 Å². The van der Waals surface area contributed by atoms with Crippen LogP contribution in [-0.2, 0) is 11.3 Å². The summed E-state index contributed by atoms with van der Waals surface area (Å²) in [6, 6.07) is 3.47. The van der Waals surface area contributed by atoms with Crippen LogP contribution in [0, 0.1) is 6.92 Å². The first-order valence-electron chi connectivity index (χ1n) is 6.98. The van der Waals surface area contributed by atoms with E-state index in [1.54, 1.807) is 14.2 Å². The highest BCUT2D eigenvalue weighted by atomic mass is 32.1. The van der Waals surface area contributed by atoms with Crippen molar-refractivity contribution in [3.63, 3.8) is 0 Å². The fourth-order valence-corrected chi connectivity index (χ4v) is 2.79. The van der Waals surface area contributed by atoms with Crippen molar-refractivity contribution in [3.05, 3.63) is 38.4 Å². The van der Waals surface area contributed by atoms with E-state index in [4.69, 9.17) is 9.47 Å². The van der Waals surface area contributed by atoms with Gasteiger partial charge in [-0.05, 0) is 37.1 Å². The van der Waals surface area contributed by atoms with Crippen molar-refractivity contribution in [3.8, 4) is 11.5 Å². The lowest BCUT2D eigenvalue weighted by Gasteiger charge is -2.19. The van der Waals surface area contributed by atoms with Gasteiger partial charge in [-0.15, -0.1) is 0 Å². The van der Waals surface area contributed by atoms with Crippen LogP contribution in [0.3, 0.4) is 0 Å². The number of nitrogens with zero attached hydrogens (tertiary/aromatic N) is 2. The number of ether oxygens (including phenoxy) is 2. The quantitative estimate of drug-likeness (QED) is 0.864. The molecular weight excluding hydrogens is 318 g/mol. The second kappa shape index (κ2) is 7.28. The molecule has 23 heavy (non-hydrogen) atoms. The van der Waals surface area contributed by atoms with Crippen molar-refractivity contribution < 1.29 is 14.3 Å². The summed E-state index contributed by atoms with van der Waals surface area (Å²) in [4.78, 5) is 23.2. The van der Waals surface area contributed by atoms with Crippen molar-refractivity contribution >= 4 is 17.2 Å². The fourth-order valence-electron chi connectivity index (χ4n) is 2.30. The Kier molecular flexibility index (Phi) is 5.38. The third kappa shape index (κ3) is 3.89. The van der Waals surface area contributed by atoms with E-state index in [9.17, 15) is 9.59 Å². The van der Waals surface area contributed by atoms with E-state index in [2.05, 4.69) is 10.4 Å². The minimum Gasteiger partial charge on any atom is -0.493 e. The second-order valence-electron chi connectivity index (χ2n) is 5.02. The molecule has 1 heterocycles. The Balaban J connectivity index is 2.14. The Morgan fingerprint density at radius 3 is 2.57 bits per heavy atom. The summed E-state index contributed by atoms with van der Waals surface area (Å²) in [6.07, 6.45) is 0. The Morgan fingerprint density at radius 1 is 1.35 bits per heavy atom. The molecule has 1 unspecified atom stereocenters. The van der Waals surface area contributed by atoms with Gasteiger partial charge in [-0.1, -0.05) is 11.3 Å². The zero-order chi connectivity index (χ0) is 17.0. The molecule has 1 amide bonds. The number of aromatic nitrogens is 2. The van der Waals surface area contributed by atoms with Gasteiger partial charge in [0.15, 0.2) is 11.5 Å². The second-order valence-corrected chi connectivity index (χ2v) is 5.81. The van der Waals surface area contributed by atoms with E-state index in [1.165, 1.54) is 5.51 Å². The first kappa shape index (κ1) is 17.0. The Morgan fingerprint density at radius 2 is 2.00 bits per heavy atom. The molecule has 2 aromatic rings. The standard InChI is InChI=1S/C15H19N3O4S/c1-9-5-12(21-3)13(22-4)6-11(9)10(2)17-14(19)7-18-15(20)23-8-16-18/h5-6,8,10H,7H2,1-4H3,(H,17,19). The maximum atomic E-state index is 12.1. The molecule has 1 aromatic heterocycles. The minimum absolute atomic E-state index is 0.0982. The van der Waals surface area contributed by atoms with Gasteiger partial charge in [0.2, 0.25) is 5.91 Å². The Bertz CT molecular complexity index is 753. The van der Waals surface area contributed by atoms with Gasteiger partial charge in [-0.2, -0.15) is 5.10 Å². The summed E-state index contributed by atoms with van der Waals surface area (Å²) in [5.74, 6) is 0.964. The molecule has 1 atom stereocenters. The van der Waals surface area contributed by atoms with Crippen LogP contribution in [0.2, 0.25) is 0 Å². The zero-order valence-corrected chi connectivity index (χ0v) is 14.3. The van der Waals surface area contributed by atoms with Crippen molar-refractivity contribution in [2.45, 2.75) is 26.4 Å². The first-order chi connectivity index (χ1) is 11.0. The summed E-state index contributed by atoms with van der Waals surface area (Å²) in [5.41, 5.74) is 3.31. The number of benzene rings is 1. The van der Waals surface area contributed by atoms with Gasteiger partial charge in [0.05, 0.1) is 20.3 Å². The third-order valence-corrected chi connectivity index (χ3v) is 4.07. The summed E-state index contributed by atoms with van der Waals surface area (Å²) < 4.78 is 11.7. The van der Waals surface area contributed by atoms with Crippen LogP contribution in [0.25, 0.3) is 0 Å². The van der Waals surface area contributed by atoms with Crippen LogP contribution >= 0.6 is 11.3 Å².